The minimum absolute atomic E-state index is 0.0994. The summed E-state index contributed by atoms with van der Waals surface area (Å²) in [7, 11) is -2.32. The van der Waals surface area contributed by atoms with Gasteiger partial charge < -0.3 is 14.8 Å². The third-order valence-corrected chi connectivity index (χ3v) is 6.50. The topological polar surface area (TPSA) is 84.9 Å². The van der Waals surface area contributed by atoms with Crippen molar-refractivity contribution < 1.29 is 27.1 Å². The Morgan fingerprint density at radius 1 is 1.18 bits per heavy atom. The van der Waals surface area contributed by atoms with Crippen LogP contribution in [-0.2, 0) is 14.8 Å². The number of aryl methyl sites for hydroxylation is 1. The quantitative estimate of drug-likeness (QED) is 0.821. The van der Waals surface area contributed by atoms with Crippen LogP contribution in [0.15, 0.2) is 41.3 Å². The van der Waals surface area contributed by atoms with Crippen LogP contribution in [0, 0.1) is 12.7 Å². The zero-order valence-electron chi connectivity index (χ0n) is 15.6. The molecule has 1 amide bonds. The fourth-order valence-corrected chi connectivity index (χ4v) is 4.55. The van der Waals surface area contributed by atoms with Gasteiger partial charge in [-0.05, 0) is 36.8 Å². The van der Waals surface area contributed by atoms with E-state index in [9.17, 15) is 17.6 Å². The molecule has 0 spiro atoms. The number of carbonyl (C=O) groups excluding carboxylic acids is 1. The Morgan fingerprint density at radius 3 is 2.54 bits per heavy atom. The third-order valence-electron chi connectivity index (χ3n) is 4.45. The van der Waals surface area contributed by atoms with Gasteiger partial charge in [0.15, 0.2) is 0 Å². The minimum atomic E-state index is -3.72. The number of hydrogen-bond donors (Lipinski definition) is 1. The Labute approximate surface area is 163 Å². The predicted molar refractivity (Wildman–Crippen MR) is 102 cm³/mol. The summed E-state index contributed by atoms with van der Waals surface area (Å²) in [5.74, 6) is -1.12. The molecule has 0 unspecified atom stereocenters. The average molecular weight is 408 g/mol. The monoisotopic (exact) mass is 408 g/mol. The van der Waals surface area contributed by atoms with E-state index in [1.165, 1.54) is 29.6 Å². The molecule has 0 atom stereocenters. The van der Waals surface area contributed by atoms with Crippen LogP contribution in [0.5, 0.6) is 5.75 Å². The number of rotatable bonds is 5. The summed E-state index contributed by atoms with van der Waals surface area (Å²) in [5.41, 5.74) is 0.650. The minimum Gasteiger partial charge on any atom is -0.497 e. The second-order valence-corrected chi connectivity index (χ2v) is 8.20. The molecular weight excluding hydrogens is 387 g/mol. The van der Waals surface area contributed by atoms with Gasteiger partial charge in [-0.3, -0.25) is 4.79 Å². The molecule has 2 aromatic carbocycles. The molecule has 1 aliphatic rings. The molecule has 3 rings (SSSR count). The fourth-order valence-electron chi connectivity index (χ4n) is 2.89. The van der Waals surface area contributed by atoms with Gasteiger partial charge in [0.2, 0.25) is 10.0 Å². The molecule has 0 saturated carbocycles. The molecule has 0 aromatic heterocycles. The number of nitrogens with zero attached hydrogens (tertiary/aromatic N) is 1. The first-order valence-electron chi connectivity index (χ1n) is 8.66. The van der Waals surface area contributed by atoms with E-state index in [-0.39, 0.29) is 29.2 Å². The van der Waals surface area contributed by atoms with Crippen LogP contribution < -0.4 is 10.1 Å². The first-order valence-corrected chi connectivity index (χ1v) is 10.1. The average Bonchev–Trinajstić information content (AvgIpc) is 2.69. The van der Waals surface area contributed by atoms with E-state index in [1.807, 2.05) is 0 Å². The number of carbonyl (C=O) groups is 1. The summed E-state index contributed by atoms with van der Waals surface area (Å²) in [4.78, 5) is 12.5. The maximum Gasteiger partial charge on any atom is 0.258 e. The van der Waals surface area contributed by atoms with Crippen LogP contribution in [0.3, 0.4) is 0 Å². The van der Waals surface area contributed by atoms with E-state index in [2.05, 4.69) is 5.32 Å². The van der Waals surface area contributed by atoms with Crippen molar-refractivity contribution in [3.05, 3.63) is 53.3 Å². The second kappa shape index (κ2) is 8.26. The lowest BCUT2D eigenvalue weighted by atomic mass is 10.1. The van der Waals surface area contributed by atoms with E-state index >= 15 is 0 Å². The van der Waals surface area contributed by atoms with Crippen molar-refractivity contribution in [1.29, 1.82) is 0 Å². The number of methoxy groups -OCH3 is 1. The van der Waals surface area contributed by atoms with Crippen LogP contribution in [0.25, 0.3) is 0 Å². The Hall–Kier alpha value is -2.49. The molecule has 28 heavy (non-hydrogen) atoms. The van der Waals surface area contributed by atoms with Crippen LogP contribution in [0.1, 0.15) is 15.9 Å². The standard InChI is InChI=1S/C19H21FN2O5S/c1-13-3-4-14(11-18(13)28(24,25)22-7-9-27-10-8-22)21-19(23)16-6-5-15(26-2)12-17(16)20/h3-6,11-12H,7-10H2,1-2H3,(H,21,23). The number of anilines is 1. The molecule has 1 fully saturated rings. The Kier molecular flexibility index (Phi) is 5.97. The SMILES string of the molecule is COc1ccc(C(=O)Nc2ccc(C)c(S(=O)(=O)N3CCOCC3)c2)c(F)c1. The molecule has 7 nitrogen and oxygen atoms in total. The lowest BCUT2D eigenvalue weighted by molar-refractivity contribution is 0.0730. The highest BCUT2D eigenvalue weighted by Crippen LogP contribution is 2.25. The van der Waals surface area contributed by atoms with Crippen molar-refractivity contribution in [2.45, 2.75) is 11.8 Å². The summed E-state index contributed by atoms with van der Waals surface area (Å²) in [6.45, 7) is 2.91. The van der Waals surface area contributed by atoms with E-state index in [0.29, 0.717) is 24.5 Å². The van der Waals surface area contributed by atoms with E-state index in [1.54, 1.807) is 19.1 Å². The maximum atomic E-state index is 14.1. The summed E-state index contributed by atoms with van der Waals surface area (Å²) in [5, 5.41) is 2.55. The molecule has 1 N–H and O–H groups in total. The number of morpholine rings is 1. The largest absolute Gasteiger partial charge is 0.497 e. The highest BCUT2D eigenvalue weighted by atomic mass is 32.2. The van der Waals surface area contributed by atoms with Crippen LogP contribution in [0.2, 0.25) is 0 Å². The first kappa shape index (κ1) is 20.2. The molecule has 9 heteroatoms. The Balaban J connectivity index is 1.86. The van der Waals surface area contributed by atoms with Gasteiger partial charge in [0.25, 0.3) is 5.91 Å². The van der Waals surface area contributed by atoms with Crippen molar-refractivity contribution in [3.63, 3.8) is 0 Å². The molecule has 150 valence electrons. The van der Waals surface area contributed by atoms with Crippen molar-refractivity contribution in [3.8, 4) is 5.75 Å². The van der Waals surface area contributed by atoms with Gasteiger partial charge in [-0.15, -0.1) is 0 Å². The van der Waals surface area contributed by atoms with Gasteiger partial charge in [-0.25, -0.2) is 12.8 Å². The molecule has 0 aliphatic carbocycles. The number of sulfonamides is 1. The zero-order valence-corrected chi connectivity index (χ0v) is 16.4. The molecule has 0 radical (unpaired) electrons. The molecule has 1 heterocycles. The first-order chi connectivity index (χ1) is 13.3. The summed E-state index contributed by atoms with van der Waals surface area (Å²) >= 11 is 0. The summed E-state index contributed by atoms with van der Waals surface area (Å²) in [6, 6.07) is 8.46. The predicted octanol–water partition coefficient (Wildman–Crippen LogP) is 2.42. The van der Waals surface area contributed by atoms with Gasteiger partial charge in [0.05, 0.1) is 30.8 Å². The van der Waals surface area contributed by atoms with E-state index in [0.717, 1.165) is 6.07 Å². The molecule has 0 bridgehead atoms. The van der Waals surface area contributed by atoms with Crippen LogP contribution >= 0.6 is 0 Å². The number of nitrogens with one attached hydrogen (secondary N) is 1. The van der Waals surface area contributed by atoms with Crippen molar-refractivity contribution >= 4 is 21.6 Å². The van der Waals surface area contributed by atoms with Crippen molar-refractivity contribution in [1.82, 2.24) is 4.31 Å². The number of ether oxygens (including phenoxy) is 2. The zero-order chi connectivity index (χ0) is 20.3. The summed E-state index contributed by atoms with van der Waals surface area (Å²) in [6.07, 6.45) is 0. The lowest BCUT2D eigenvalue weighted by Gasteiger charge is -2.26. The van der Waals surface area contributed by atoms with Gasteiger partial charge in [-0.1, -0.05) is 6.07 Å². The Bertz CT molecular complexity index is 988. The lowest BCUT2D eigenvalue weighted by Crippen LogP contribution is -2.40. The van der Waals surface area contributed by atoms with Crippen LogP contribution in [0.4, 0.5) is 10.1 Å². The van der Waals surface area contributed by atoms with Crippen molar-refractivity contribution in [2.75, 3.05) is 38.7 Å². The Morgan fingerprint density at radius 2 is 1.89 bits per heavy atom. The number of amides is 1. The number of benzene rings is 2. The molecule has 1 aliphatic heterocycles. The van der Waals surface area contributed by atoms with Gasteiger partial charge in [-0.2, -0.15) is 4.31 Å². The van der Waals surface area contributed by atoms with E-state index in [4.69, 9.17) is 9.47 Å². The van der Waals surface area contributed by atoms with E-state index < -0.39 is 21.7 Å². The normalized spacial score (nSPS) is 15.2. The molecular formula is C19H21FN2O5S. The number of halogens is 1. The molecule has 2 aromatic rings. The number of hydrogen-bond acceptors (Lipinski definition) is 5. The summed E-state index contributed by atoms with van der Waals surface area (Å²) < 4.78 is 51.4. The van der Waals surface area contributed by atoms with Gasteiger partial charge in [0, 0.05) is 24.8 Å². The maximum absolute atomic E-state index is 14.1. The molecule has 1 saturated heterocycles. The van der Waals surface area contributed by atoms with Crippen LogP contribution in [-0.4, -0.2) is 52.0 Å². The fraction of sp³-hybridized carbons (Fsp3) is 0.316. The smallest absolute Gasteiger partial charge is 0.258 e. The highest BCUT2D eigenvalue weighted by molar-refractivity contribution is 7.89. The van der Waals surface area contributed by atoms with Gasteiger partial charge >= 0.3 is 0 Å². The second-order valence-electron chi connectivity index (χ2n) is 6.30. The third kappa shape index (κ3) is 4.16. The van der Waals surface area contributed by atoms with Crippen molar-refractivity contribution in [2.24, 2.45) is 0 Å². The highest BCUT2D eigenvalue weighted by Gasteiger charge is 2.28. The van der Waals surface area contributed by atoms with Gasteiger partial charge in [0.1, 0.15) is 11.6 Å².